The summed E-state index contributed by atoms with van der Waals surface area (Å²) in [6.07, 6.45) is 3.64. The van der Waals surface area contributed by atoms with E-state index in [9.17, 15) is 0 Å². The van der Waals surface area contributed by atoms with Crippen LogP contribution < -0.4 is 0 Å². The average Bonchev–Trinajstić information content (AvgIpc) is 2.17. The van der Waals surface area contributed by atoms with E-state index >= 15 is 0 Å². The van der Waals surface area contributed by atoms with E-state index in [-0.39, 0.29) is 18.6 Å². The van der Waals surface area contributed by atoms with Crippen molar-refractivity contribution in [2.75, 3.05) is 0 Å². The van der Waals surface area contributed by atoms with Gasteiger partial charge in [0.1, 0.15) is 0 Å². The summed E-state index contributed by atoms with van der Waals surface area (Å²) >= 11 is 1.41. The molecule has 0 N–H and O–H groups in total. The van der Waals surface area contributed by atoms with E-state index in [1.165, 1.54) is 11.5 Å². The van der Waals surface area contributed by atoms with E-state index < -0.39 is 0 Å². The summed E-state index contributed by atoms with van der Waals surface area (Å²) in [5, 5.41) is 1.81. The van der Waals surface area contributed by atoms with Crippen molar-refractivity contribution in [3.8, 4) is 0 Å². The molecule has 1 aromatic heterocycles. The Morgan fingerprint density at radius 2 is 2.11 bits per heavy atom. The van der Waals surface area contributed by atoms with Gasteiger partial charge in [-0.2, -0.15) is 19.2 Å². The van der Waals surface area contributed by atoms with Gasteiger partial charge in [-0.05, 0) is 0 Å². The van der Waals surface area contributed by atoms with Crippen molar-refractivity contribution in [1.82, 2.24) is 4.37 Å². The summed E-state index contributed by atoms with van der Waals surface area (Å²) in [5.74, 6) is 0. The zero-order valence-electron chi connectivity index (χ0n) is 5.53. The molecule has 1 heterocycles. The van der Waals surface area contributed by atoms with Crippen LogP contribution in [-0.2, 0) is 18.6 Å². The molecule has 0 atom stereocenters. The molecule has 0 aliphatic carbocycles. The molecular formula is C6H9NSV. The van der Waals surface area contributed by atoms with Gasteiger partial charge < -0.3 is 12.5 Å². The zero-order chi connectivity index (χ0) is 6.24. The molecule has 1 radical (unpaired) electrons. The van der Waals surface area contributed by atoms with Crippen LogP contribution >= 0.6 is 11.5 Å². The molecule has 3 heteroatoms. The van der Waals surface area contributed by atoms with Crippen molar-refractivity contribution in [1.29, 1.82) is 0 Å². The van der Waals surface area contributed by atoms with Gasteiger partial charge in [-0.25, -0.2) is 4.37 Å². The van der Waals surface area contributed by atoms with Crippen LogP contribution in [0.2, 0.25) is 0 Å². The Kier molecular flexibility index (Phi) is 14.7. The van der Waals surface area contributed by atoms with E-state index in [0.717, 1.165) is 0 Å². The predicted octanol–water partition coefficient (Wildman–Crippen LogP) is 2.17. The van der Waals surface area contributed by atoms with Crippen LogP contribution in [0, 0.1) is 12.5 Å². The Morgan fingerprint density at radius 3 is 2.22 bits per heavy atom. The minimum atomic E-state index is 0. The van der Waals surface area contributed by atoms with Crippen molar-refractivity contribution in [3.05, 3.63) is 24.1 Å². The molecule has 0 fully saturated rings. The second-order valence-electron chi connectivity index (χ2n) is 1.20. The van der Waals surface area contributed by atoms with Crippen molar-refractivity contribution in [2.45, 2.75) is 13.8 Å². The molecule has 0 aliphatic rings. The Labute approximate surface area is 72.5 Å². The maximum Gasteiger partial charge on any atom is 2.00 e. The molecule has 1 rings (SSSR count). The summed E-state index contributed by atoms with van der Waals surface area (Å²) < 4.78 is 3.71. The van der Waals surface area contributed by atoms with Crippen molar-refractivity contribution in [3.63, 3.8) is 0 Å². The zero-order valence-corrected chi connectivity index (χ0v) is 7.75. The fourth-order valence-corrected chi connectivity index (χ4v) is 0.456. The van der Waals surface area contributed by atoms with Crippen molar-refractivity contribution < 1.29 is 18.6 Å². The van der Waals surface area contributed by atoms with Gasteiger partial charge in [-0.15, -0.1) is 6.20 Å². The minimum absolute atomic E-state index is 0. The molecule has 49 valence electrons. The van der Waals surface area contributed by atoms with E-state index in [1.807, 2.05) is 20.3 Å². The van der Waals surface area contributed by atoms with Crippen LogP contribution in [0.3, 0.4) is 0 Å². The molecule has 0 unspecified atom stereocenters. The average molecular weight is 178 g/mol. The molecule has 1 nitrogen and oxygen atoms in total. The summed E-state index contributed by atoms with van der Waals surface area (Å²) in [6.45, 7) is 4.00. The van der Waals surface area contributed by atoms with E-state index in [0.29, 0.717) is 0 Å². The third-order valence-corrected chi connectivity index (χ3v) is 0.777. The minimum Gasteiger partial charge on any atom is -0.440 e. The molecule has 0 aromatic carbocycles. The smallest absolute Gasteiger partial charge is 0.440 e. The molecule has 9 heavy (non-hydrogen) atoms. The topological polar surface area (TPSA) is 12.9 Å². The van der Waals surface area contributed by atoms with Crippen molar-refractivity contribution >= 4 is 11.5 Å². The number of nitrogens with zero attached hydrogens (tertiary/aromatic N) is 1. The molecular weight excluding hydrogens is 169 g/mol. The van der Waals surface area contributed by atoms with Crippen LogP contribution in [0.15, 0.2) is 11.6 Å². The second kappa shape index (κ2) is 11.1. The molecule has 0 saturated heterocycles. The quantitative estimate of drug-likeness (QED) is 0.555. The van der Waals surface area contributed by atoms with Gasteiger partial charge in [0.25, 0.3) is 0 Å². The first-order chi connectivity index (χ1) is 3.91. The van der Waals surface area contributed by atoms with Gasteiger partial charge in [0, 0.05) is 0 Å². The maximum atomic E-state index is 3.71. The molecule has 0 amide bonds. The first kappa shape index (κ1) is 11.9. The molecule has 0 aliphatic heterocycles. The monoisotopic (exact) mass is 178 g/mol. The van der Waals surface area contributed by atoms with E-state index in [4.69, 9.17) is 0 Å². The van der Waals surface area contributed by atoms with Gasteiger partial charge in [-0.3, -0.25) is 0 Å². The van der Waals surface area contributed by atoms with Crippen LogP contribution in [-0.4, -0.2) is 4.37 Å². The van der Waals surface area contributed by atoms with Gasteiger partial charge in [-0.1, -0.05) is 11.5 Å². The maximum absolute atomic E-state index is 3.71. The standard InChI is InChI=1S/C3H2NS.C3H7.V/c1-2-4-5-3-1;1-3-2;/h2-3H;3H,1-2H3;/q2*-1;+2. The Hall–Kier alpha value is 0.214. The number of hydrogen-bond donors (Lipinski definition) is 0. The Balaban J connectivity index is 0. The third-order valence-electron chi connectivity index (χ3n) is 0.309. The first-order valence-corrected chi connectivity index (χ1v) is 3.25. The number of rotatable bonds is 0. The Morgan fingerprint density at radius 1 is 1.56 bits per heavy atom. The van der Waals surface area contributed by atoms with Crippen LogP contribution in [0.1, 0.15) is 13.8 Å². The fraction of sp³-hybridized carbons (Fsp3) is 0.333. The molecule has 0 bridgehead atoms. The molecule has 0 spiro atoms. The molecule has 0 saturated carbocycles. The summed E-state index contributed by atoms with van der Waals surface area (Å²) in [7, 11) is 0. The normalized spacial score (nSPS) is 6.44. The van der Waals surface area contributed by atoms with Gasteiger partial charge in [0.2, 0.25) is 0 Å². The summed E-state index contributed by atoms with van der Waals surface area (Å²) in [4.78, 5) is 0. The van der Waals surface area contributed by atoms with Gasteiger partial charge >= 0.3 is 18.6 Å². The van der Waals surface area contributed by atoms with E-state index in [2.05, 4.69) is 10.4 Å². The first-order valence-electron chi connectivity index (χ1n) is 2.41. The van der Waals surface area contributed by atoms with E-state index in [1.54, 1.807) is 11.6 Å². The predicted molar refractivity (Wildman–Crippen MR) is 36.6 cm³/mol. The van der Waals surface area contributed by atoms with Crippen molar-refractivity contribution in [2.24, 2.45) is 0 Å². The molecule has 1 aromatic rings. The fourth-order valence-electron chi connectivity index (χ4n) is 0.152. The van der Waals surface area contributed by atoms with Crippen LogP contribution in [0.5, 0.6) is 0 Å². The SMILES string of the molecule is C[CH-]C.[V+2].[c-]1cnsc1. The largest absolute Gasteiger partial charge is 2.00 e. The van der Waals surface area contributed by atoms with Crippen LogP contribution in [0.25, 0.3) is 0 Å². The summed E-state index contributed by atoms with van der Waals surface area (Å²) in [6, 6.07) is 2.77. The number of aromatic nitrogens is 1. The van der Waals surface area contributed by atoms with Gasteiger partial charge in [0.15, 0.2) is 0 Å². The third kappa shape index (κ3) is 11.7. The van der Waals surface area contributed by atoms with Crippen LogP contribution in [0.4, 0.5) is 0 Å². The second-order valence-corrected chi connectivity index (χ2v) is 1.86. The van der Waals surface area contributed by atoms with Gasteiger partial charge in [0.05, 0.1) is 0 Å². The Bertz CT molecular complexity index is 80.0. The summed E-state index contributed by atoms with van der Waals surface area (Å²) in [5.41, 5.74) is 0. The number of hydrogen-bond acceptors (Lipinski definition) is 2.